The number of carbonyl (C=O) groups excluding carboxylic acids is 1. The van der Waals surface area contributed by atoms with Crippen molar-refractivity contribution in [2.45, 2.75) is 56.4 Å². The lowest BCUT2D eigenvalue weighted by molar-refractivity contribution is -0.126. The van der Waals surface area contributed by atoms with Crippen LogP contribution in [0.25, 0.3) is 0 Å². The number of hydrogen-bond donors (Lipinski definition) is 1. The number of halogens is 1. The molecule has 3 rings (SSSR count). The van der Waals surface area contributed by atoms with Crippen LogP contribution in [0.15, 0.2) is 23.1 Å². The van der Waals surface area contributed by atoms with E-state index in [-0.39, 0.29) is 16.7 Å². The van der Waals surface area contributed by atoms with E-state index in [1.165, 1.54) is 23.2 Å². The molecule has 2 aliphatic rings. The largest absolute Gasteiger partial charge is 0.353 e. The average Bonchev–Trinajstić information content (AvgIpc) is 3.10. The SMILES string of the molecule is Cc1ccc(S(=O)(=O)N2CCC(C(=O)NC3CCCC3)CC2)cc1Cl. The molecule has 1 amide bonds. The van der Waals surface area contributed by atoms with Crippen molar-refractivity contribution in [1.29, 1.82) is 0 Å². The van der Waals surface area contributed by atoms with Crippen molar-refractivity contribution < 1.29 is 13.2 Å². The maximum absolute atomic E-state index is 12.8. The highest BCUT2D eigenvalue weighted by atomic mass is 35.5. The Kier molecular flexibility index (Phi) is 5.71. The van der Waals surface area contributed by atoms with Crippen LogP contribution in [0.4, 0.5) is 0 Å². The van der Waals surface area contributed by atoms with E-state index in [1.54, 1.807) is 12.1 Å². The van der Waals surface area contributed by atoms with Gasteiger partial charge in [-0.05, 0) is 50.3 Å². The summed E-state index contributed by atoms with van der Waals surface area (Å²) in [5, 5.41) is 3.57. The van der Waals surface area contributed by atoms with Crippen LogP contribution < -0.4 is 5.32 Å². The van der Waals surface area contributed by atoms with Gasteiger partial charge in [-0.15, -0.1) is 0 Å². The van der Waals surface area contributed by atoms with Gasteiger partial charge in [0.1, 0.15) is 0 Å². The van der Waals surface area contributed by atoms with Gasteiger partial charge < -0.3 is 5.32 Å². The van der Waals surface area contributed by atoms with Crippen LogP contribution in [0.1, 0.15) is 44.1 Å². The summed E-state index contributed by atoms with van der Waals surface area (Å²) >= 11 is 6.07. The van der Waals surface area contributed by atoms with Crippen LogP contribution in [0.3, 0.4) is 0 Å². The van der Waals surface area contributed by atoms with Crippen molar-refractivity contribution in [3.63, 3.8) is 0 Å². The van der Waals surface area contributed by atoms with Crippen LogP contribution in [0, 0.1) is 12.8 Å². The fourth-order valence-corrected chi connectivity index (χ4v) is 5.37. The molecule has 1 aromatic carbocycles. The van der Waals surface area contributed by atoms with Crippen molar-refractivity contribution in [3.8, 4) is 0 Å². The standard InChI is InChI=1S/C18H25ClN2O3S/c1-13-6-7-16(12-17(13)19)25(23,24)21-10-8-14(9-11-21)18(22)20-15-4-2-3-5-15/h6-7,12,14-15H,2-5,8-11H2,1H3,(H,20,22). The van der Waals surface area contributed by atoms with Gasteiger partial charge in [0.15, 0.2) is 0 Å². The summed E-state index contributed by atoms with van der Waals surface area (Å²) in [5.74, 6) is -0.00372. The lowest BCUT2D eigenvalue weighted by atomic mass is 9.97. The highest BCUT2D eigenvalue weighted by Gasteiger charge is 2.33. The molecule has 5 nitrogen and oxygen atoms in total. The molecule has 1 aliphatic carbocycles. The lowest BCUT2D eigenvalue weighted by Crippen LogP contribution is -2.44. The van der Waals surface area contributed by atoms with Crippen LogP contribution in [0.5, 0.6) is 0 Å². The summed E-state index contributed by atoms with van der Waals surface area (Å²) < 4.78 is 27.0. The molecule has 1 aliphatic heterocycles. The summed E-state index contributed by atoms with van der Waals surface area (Å²) in [4.78, 5) is 12.6. The van der Waals surface area contributed by atoms with E-state index in [0.29, 0.717) is 37.0 Å². The lowest BCUT2D eigenvalue weighted by Gasteiger charge is -2.31. The molecule has 0 bridgehead atoms. The molecule has 1 saturated heterocycles. The van der Waals surface area contributed by atoms with Crippen molar-refractivity contribution in [2.24, 2.45) is 5.92 Å². The van der Waals surface area contributed by atoms with Crippen LogP contribution in [0.2, 0.25) is 5.02 Å². The van der Waals surface area contributed by atoms with E-state index in [4.69, 9.17) is 11.6 Å². The minimum absolute atomic E-state index is 0.0855. The second-order valence-corrected chi connectivity index (χ2v) is 9.42. The van der Waals surface area contributed by atoms with Crippen molar-refractivity contribution >= 4 is 27.5 Å². The Morgan fingerprint density at radius 3 is 2.40 bits per heavy atom. The van der Waals surface area contributed by atoms with Crippen LogP contribution >= 0.6 is 11.6 Å². The highest BCUT2D eigenvalue weighted by molar-refractivity contribution is 7.89. The third-order valence-corrected chi connectivity index (χ3v) is 7.61. The smallest absolute Gasteiger partial charge is 0.243 e. The number of nitrogens with zero attached hydrogens (tertiary/aromatic N) is 1. The van der Waals surface area contributed by atoms with Gasteiger partial charge in [-0.2, -0.15) is 4.31 Å². The maximum Gasteiger partial charge on any atom is 0.243 e. The van der Waals surface area contributed by atoms with Crippen molar-refractivity contribution in [1.82, 2.24) is 9.62 Å². The maximum atomic E-state index is 12.8. The number of aryl methyl sites for hydroxylation is 1. The zero-order chi connectivity index (χ0) is 18.0. The number of piperidine rings is 1. The van der Waals surface area contributed by atoms with Crippen LogP contribution in [-0.4, -0.2) is 37.8 Å². The molecular weight excluding hydrogens is 360 g/mol. The molecule has 0 aromatic heterocycles. The first-order valence-corrected chi connectivity index (χ1v) is 10.8. The molecule has 0 radical (unpaired) electrons. The fourth-order valence-electron chi connectivity index (χ4n) is 3.63. The molecule has 0 spiro atoms. The Morgan fingerprint density at radius 1 is 1.16 bits per heavy atom. The molecule has 1 saturated carbocycles. The molecule has 1 aromatic rings. The van der Waals surface area contributed by atoms with Gasteiger partial charge in [0.05, 0.1) is 4.90 Å². The Morgan fingerprint density at radius 2 is 1.80 bits per heavy atom. The number of hydrogen-bond acceptors (Lipinski definition) is 3. The third-order valence-electron chi connectivity index (χ3n) is 5.31. The Balaban J connectivity index is 1.60. The Bertz CT molecular complexity index is 737. The Labute approximate surface area is 154 Å². The summed E-state index contributed by atoms with van der Waals surface area (Å²) in [6.07, 6.45) is 5.62. The molecule has 2 fully saturated rings. The number of sulfonamides is 1. The zero-order valence-corrected chi connectivity index (χ0v) is 16.1. The van der Waals surface area contributed by atoms with Gasteiger partial charge in [-0.25, -0.2) is 8.42 Å². The quantitative estimate of drug-likeness (QED) is 0.867. The van der Waals surface area contributed by atoms with Crippen LogP contribution in [-0.2, 0) is 14.8 Å². The van der Waals surface area contributed by atoms with Crippen molar-refractivity contribution in [3.05, 3.63) is 28.8 Å². The summed E-state index contributed by atoms with van der Waals surface area (Å²) in [7, 11) is -3.56. The molecular formula is C18H25ClN2O3S. The number of carbonyl (C=O) groups is 1. The molecule has 0 unspecified atom stereocenters. The van der Waals surface area contributed by atoms with Gasteiger partial charge >= 0.3 is 0 Å². The average molecular weight is 385 g/mol. The Hall–Kier alpha value is -1.11. The van der Waals surface area contributed by atoms with Gasteiger partial charge in [0, 0.05) is 30.1 Å². The molecule has 7 heteroatoms. The predicted octanol–water partition coefficient (Wildman–Crippen LogP) is 3.11. The molecule has 1 heterocycles. The van der Waals surface area contributed by atoms with E-state index in [2.05, 4.69) is 5.32 Å². The highest BCUT2D eigenvalue weighted by Crippen LogP contribution is 2.27. The second-order valence-electron chi connectivity index (χ2n) is 7.08. The summed E-state index contributed by atoms with van der Waals surface area (Å²) in [6.45, 7) is 2.58. The minimum Gasteiger partial charge on any atom is -0.353 e. The molecule has 138 valence electrons. The van der Waals surface area contributed by atoms with Gasteiger partial charge in [0.2, 0.25) is 15.9 Å². The zero-order valence-electron chi connectivity index (χ0n) is 14.5. The molecule has 25 heavy (non-hydrogen) atoms. The predicted molar refractivity (Wildman–Crippen MR) is 98.1 cm³/mol. The second kappa shape index (κ2) is 7.64. The molecule has 1 N–H and O–H groups in total. The van der Waals surface area contributed by atoms with E-state index in [9.17, 15) is 13.2 Å². The van der Waals surface area contributed by atoms with Gasteiger partial charge in [0.25, 0.3) is 0 Å². The minimum atomic E-state index is -3.56. The normalized spacial score (nSPS) is 20.7. The van der Waals surface area contributed by atoms with E-state index in [1.807, 2.05) is 6.92 Å². The number of rotatable bonds is 4. The number of benzene rings is 1. The third kappa shape index (κ3) is 4.18. The van der Waals surface area contributed by atoms with E-state index < -0.39 is 10.0 Å². The van der Waals surface area contributed by atoms with E-state index in [0.717, 1.165) is 18.4 Å². The first-order chi connectivity index (χ1) is 11.9. The van der Waals surface area contributed by atoms with Gasteiger partial charge in [-0.1, -0.05) is 30.5 Å². The molecule has 0 atom stereocenters. The van der Waals surface area contributed by atoms with Crippen molar-refractivity contribution in [2.75, 3.05) is 13.1 Å². The topological polar surface area (TPSA) is 66.5 Å². The fraction of sp³-hybridized carbons (Fsp3) is 0.611. The van der Waals surface area contributed by atoms with Gasteiger partial charge in [-0.3, -0.25) is 4.79 Å². The number of amides is 1. The summed E-state index contributed by atoms with van der Waals surface area (Å²) in [6, 6.07) is 5.13. The monoisotopic (exact) mass is 384 g/mol. The van der Waals surface area contributed by atoms with E-state index >= 15 is 0 Å². The first-order valence-electron chi connectivity index (χ1n) is 8.94. The first kappa shape index (κ1) is 18.7. The number of nitrogens with one attached hydrogen (secondary N) is 1. The summed E-state index contributed by atoms with van der Waals surface area (Å²) in [5.41, 5.74) is 0.850.